The first-order chi connectivity index (χ1) is 17.3. The Hall–Kier alpha value is -3.04. The summed E-state index contributed by atoms with van der Waals surface area (Å²) in [6, 6.07) is 12.7. The molecule has 0 fully saturated rings. The molecule has 0 unspecified atom stereocenters. The van der Waals surface area contributed by atoms with Crippen molar-refractivity contribution >= 4 is 22.6 Å². The van der Waals surface area contributed by atoms with Crippen LogP contribution in [-0.4, -0.2) is 27.1 Å². The minimum atomic E-state index is -0.518. The predicted molar refractivity (Wildman–Crippen MR) is 144 cm³/mol. The third kappa shape index (κ3) is 5.84. The number of fused-ring (bicyclic) bond motifs is 1. The minimum absolute atomic E-state index is 0.0549. The van der Waals surface area contributed by atoms with Crippen molar-refractivity contribution in [2.75, 3.05) is 6.54 Å². The summed E-state index contributed by atoms with van der Waals surface area (Å²) in [5.74, 6) is -0.518. The van der Waals surface area contributed by atoms with Crippen molar-refractivity contribution in [3.63, 3.8) is 0 Å². The van der Waals surface area contributed by atoms with Gasteiger partial charge in [-0.1, -0.05) is 23.7 Å². The van der Waals surface area contributed by atoms with E-state index in [0.717, 1.165) is 43.2 Å². The van der Waals surface area contributed by atoms with Crippen LogP contribution in [0.4, 0.5) is 4.39 Å². The Balaban J connectivity index is 1.64. The summed E-state index contributed by atoms with van der Waals surface area (Å²) in [4.78, 5) is 20.0. The molecule has 0 saturated heterocycles. The van der Waals surface area contributed by atoms with E-state index in [-0.39, 0.29) is 17.1 Å². The molecule has 2 heterocycles. The molecule has 0 aliphatic carbocycles. The summed E-state index contributed by atoms with van der Waals surface area (Å²) in [6.07, 6.45) is 5.82. The molecule has 0 saturated carbocycles. The molecule has 0 radical (unpaired) electrons. The van der Waals surface area contributed by atoms with E-state index < -0.39 is 11.5 Å². The van der Waals surface area contributed by atoms with Gasteiger partial charge in [-0.3, -0.25) is 4.57 Å². The summed E-state index contributed by atoms with van der Waals surface area (Å²) < 4.78 is 16.4. The largest absolute Gasteiger partial charge is 0.354 e. The van der Waals surface area contributed by atoms with Crippen LogP contribution in [0, 0.1) is 5.82 Å². The Morgan fingerprint density at radius 3 is 2.56 bits per heavy atom. The summed E-state index contributed by atoms with van der Waals surface area (Å²) >= 11 is 6.20. The fraction of sp³-hybridized carbons (Fsp3) is 0.333. The van der Waals surface area contributed by atoms with E-state index in [4.69, 9.17) is 28.8 Å². The molecule has 0 aliphatic rings. The first kappa shape index (κ1) is 26.0. The second-order valence-corrected chi connectivity index (χ2v) is 9.73. The number of aromatic nitrogens is 3. The van der Waals surface area contributed by atoms with Gasteiger partial charge in [0, 0.05) is 29.2 Å². The van der Waals surface area contributed by atoms with Crippen LogP contribution in [0.1, 0.15) is 49.8 Å². The number of aryl methyl sites for hydroxylation is 1. The van der Waals surface area contributed by atoms with Gasteiger partial charge in [0.05, 0.1) is 16.4 Å². The van der Waals surface area contributed by atoms with Gasteiger partial charge in [-0.15, -0.1) is 0 Å². The zero-order valence-corrected chi connectivity index (χ0v) is 21.1. The van der Waals surface area contributed by atoms with Crippen LogP contribution in [0.15, 0.2) is 53.5 Å². The minimum Gasteiger partial charge on any atom is -0.339 e. The van der Waals surface area contributed by atoms with Gasteiger partial charge in [0.1, 0.15) is 5.65 Å². The molecule has 0 aliphatic heterocycles. The van der Waals surface area contributed by atoms with Gasteiger partial charge < -0.3 is 22.2 Å². The summed E-state index contributed by atoms with van der Waals surface area (Å²) in [6.45, 7) is 2.56. The number of hydrogen-bond donors (Lipinski definition) is 4. The molecule has 190 valence electrons. The lowest BCUT2D eigenvalue weighted by molar-refractivity contribution is 0.618. The van der Waals surface area contributed by atoms with Crippen molar-refractivity contribution in [3.8, 4) is 16.9 Å². The van der Waals surface area contributed by atoms with Crippen LogP contribution >= 0.6 is 11.6 Å². The number of halogens is 2. The maximum absolute atomic E-state index is 15.0. The highest BCUT2D eigenvalue weighted by atomic mass is 35.5. The third-order valence-electron chi connectivity index (χ3n) is 6.33. The highest BCUT2D eigenvalue weighted by Gasteiger charge is 2.16. The number of nitrogens with two attached hydrogens (primary N) is 3. The average molecular weight is 511 g/mol. The number of H-pyrrole nitrogens is 1. The molecular weight excluding hydrogens is 479 g/mol. The Morgan fingerprint density at radius 2 is 1.86 bits per heavy atom. The van der Waals surface area contributed by atoms with Crippen LogP contribution in [0.2, 0.25) is 5.02 Å². The number of rotatable bonds is 10. The lowest BCUT2D eigenvalue weighted by Gasteiger charge is -2.12. The topological polar surface area (TPSA) is 129 Å². The second-order valence-electron chi connectivity index (χ2n) is 9.32. The molecule has 9 heteroatoms. The van der Waals surface area contributed by atoms with E-state index in [9.17, 15) is 9.18 Å². The van der Waals surface area contributed by atoms with Crippen molar-refractivity contribution in [2.24, 2.45) is 17.2 Å². The third-order valence-corrected chi connectivity index (χ3v) is 6.60. The normalized spacial score (nSPS) is 13.3. The van der Waals surface area contributed by atoms with Crippen LogP contribution in [0.25, 0.3) is 28.0 Å². The summed E-state index contributed by atoms with van der Waals surface area (Å²) in [7, 11) is 0. The van der Waals surface area contributed by atoms with Crippen LogP contribution in [0.5, 0.6) is 0 Å². The molecule has 2 aromatic carbocycles. The molecule has 2 aromatic heterocycles. The van der Waals surface area contributed by atoms with Gasteiger partial charge in [-0.05, 0) is 87.0 Å². The van der Waals surface area contributed by atoms with E-state index >= 15 is 0 Å². The van der Waals surface area contributed by atoms with Crippen molar-refractivity contribution < 1.29 is 4.39 Å². The fourth-order valence-corrected chi connectivity index (χ4v) is 4.57. The molecule has 36 heavy (non-hydrogen) atoms. The molecule has 0 amide bonds. The second kappa shape index (κ2) is 11.3. The smallest absolute Gasteiger partial charge is 0.339 e. The van der Waals surface area contributed by atoms with Crippen molar-refractivity contribution in [1.82, 2.24) is 14.5 Å². The zero-order valence-electron chi connectivity index (χ0n) is 20.3. The first-order valence-electron chi connectivity index (χ1n) is 12.2. The van der Waals surface area contributed by atoms with Crippen molar-refractivity contribution in [2.45, 2.75) is 51.1 Å². The monoisotopic (exact) mass is 510 g/mol. The van der Waals surface area contributed by atoms with Crippen molar-refractivity contribution in [1.29, 1.82) is 0 Å². The zero-order chi connectivity index (χ0) is 25.8. The van der Waals surface area contributed by atoms with Crippen LogP contribution in [0.3, 0.4) is 0 Å². The van der Waals surface area contributed by atoms with Crippen molar-refractivity contribution in [3.05, 3.63) is 81.1 Å². The van der Waals surface area contributed by atoms with E-state index in [1.807, 2.05) is 31.2 Å². The number of benzene rings is 2. The van der Waals surface area contributed by atoms with E-state index in [1.165, 1.54) is 4.57 Å². The molecule has 7 nitrogen and oxygen atoms in total. The number of nitrogens with one attached hydrogen (secondary N) is 1. The van der Waals surface area contributed by atoms with Gasteiger partial charge in [-0.25, -0.2) is 9.18 Å². The SMILES string of the molecule is C[C@H](N)CCCc1cc(Cl)c(F)c(-c2cc3cn(-c4ccc([C@@H](N)CCCN)cc4)c(=O)nc3[nH]2)c1. The van der Waals surface area contributed by atoms with E-state index in [0.29, 0.717) is 34.5 Å². The Labute approximate surface area is 214 Å². The molecule has 0 spiro atoms. The molecule has 0 bridgehead atoms. The van der Waals surface area contributed by atoms with Gasteiger partial charge >= 0.3 is 5.69 Å². The molecule has 2 atom stereocenters. The summed E-state index contributed by atoms with van der Waals surface area (Å²) in [5, 5.41) is 0.727. The van der Waals surface area contributed by atoms with Gasteiger partial charge in [0.2, 0.25) is 0 Å². The highest BCUT2D eigenvalue weighted by molar-refractivity contribution is 6.31. The highest BCUT2D eigenvalue weighted by Crippen LogP contribution is 2.31. The van der Waals surface area contributed by atoms with Gasteiger partial charge in [-0.2, -0.15) is 4.98 Å². The average Bonchev–Trinajstić information content (AvgIpc) is 3.26. The Morgan fingerprint density at radius 1 is 1.11 bits per heavy atom. The van der Waals surface area contributed by atoms with E-state index in [2.05, 4.69) is 9.97 Å². The maximum atomic E-state index is 15.0. The maximum Gasteiger partial charge on any atom is 0.354 e. The van der Waals surface area contributed by atoms with E-state index in [1.54, 1.807) is 24.4 Å². The lowest BCUT2D eigenvalue weighted by atomic mass is 10.0. The number of nitrogens with zero attached hydrogens (tertiary/aromatic N) is 2. The fourth-order valence-electron chi connectivity index (χ4n) is 4.32. The van der Waals surface area contributed by atoms with Crippen LogP contribution in [-0.2, 0) is 6.42 Å². The van der Waals surface area contributed by atoms with Gasteiger partial charge in [0.25, 0.3) is 0 Å². The molecule has 4 aromatic rings. The quantitative estimate of drug-likeness (QED) is 0.248. The molecule has 7 N–H and O–H groups in total. The molecular formula is C27H32ClFN6O. The Kier molecular flexibility index (Phi) is 8.21. The lowest BCUT2D eigenvalue weighted by Crippen LogP contribution is -2.20. The summed E-state index contributed by atoms with van der Waals surface area (Å²) in [5.41, 5.74) is 21.0. The molecule has 4 rings (SSSR count). The number of hydrogen-bond acceptors (Lipinski definition) is 5. The predicted octanol–water partition coefficient (Wildman–Crippen LogP) is 4.58. The standard InChI is InChI=1S/C27H32ClFN6O/c1-16(31)4-2-5-17-12-21(25(29)22(28)13-17)24-14-19-15-35(27(36)34-26(19)33-24)20-9-7-18(8-10-20)23(32)6-3-11-30/h7-10,12-16,23H,2-6,11,30-32H2,1H3,(H,33,34,36)/t16-,23-/m0/s1. The van der Waals surface area contributed by atoms with Gasteiger partial charge in [0.15, 0.2) is 5.82 Å². The van der Waals surface area contributed by atoms with Crippen LogP contribution < -0.4 is 22.9 Å². The first-order valence-corrected chi connectivity index (χ1v) is 12.6. The number of aromatic amines is 1. The Bertz CT molecular complexity index is 1400.